The fourth-order valence-electron chi connectivity index (χ4n) is 2.66. The first-order valence-electron chi connectivity index (χ1n) is 6.62. The van der Waals surface area contributed by atoms with Gasteiger partial charge in [0.25, 0.3) is 0 Å². The van der Waals surface area contributed by atoms with E-state index in [4.69, 9.17) is 0 Å². The molecule has 0 unspecified atom stereocenters. The number of Topliss-reactive ketones (excluding diaryl/α,β-unsaturated/α-hetero) is 1. The summed E-state index contributed by atoms with van der Waals surface area (Å²) in [4.78, 5) is 17.7. The Labute approximate surface area is 112 Å². The highest BCUT2D eigenvalue weighted by Gasteiger charge is 2.39. The first-order chi connectivity index (χ1) is 9.08. The van der Waals surface area contributed by atoms with Gasteiger partial charge in [-0.15, -0.1) is 0 Å². The van der Waals surface area contributed by atoms with Crippen molar-refractivity contribution < 1.29 is 9.90 Å². The molecule has 0 radical (unpaired) electrons. The molecule has 0 saturated carbocycles. The highest BCUT2D eigenvalue weighted by molar-refractivity contribution is 6.04. The highest BCUT2D eigenvalue weighted by Crippen LogP contribution is 2.27. The number of aliphatic hydroxyl groups is 1. The van der Waals surface area contributed by atoms with Crippen LogP contribution in [-0.4, -0.2) is 46.5 Å². The average molecular weight is 258 g/mol. The number of piperidine rings is 1. The number of para-hydroxylation sites is 1. The molecule has 0 aliphatic carbocycles. The zero-order chi connectivity index (χ0) is 13.5. The molecule has 0 amide bonds. The van der Waals surface area contributed by atoms with Crippen LogP contribution in [0.15, 0.2) is 30.3 Å². The van der Waals surface area contributed by atoms with Gasteiger partial charge >= 0.3 is 0 Å². The Bertz CT molecular complexity index is 576. The van der Waals surface area contributed by atoms with Crippen LogP contribution in [0.4, 0.5) is 0 Å². The van der Waals surface area contributed by atoms with E-state index >= 15 is 0 Å². The van der Waals surface area contributed by atoms with Crippen molar-refractivity contribution in [3.8, 4) is 0 Å². The second-order valence-electron chi connectivity index (χ2n) is 5.43. The third kappa shape index (κ3) is 2.17. The summed E-state index contributed by atoms with van der Waals surface area (Å²) in [6.07, 6.45) is 0.995. The zero-order valence-corrected chi connectivity index (χ0v) is 11.0. The van der Waals surface area contributed by atoms with Gasteiger partial charge in [-0.25, -0.2) is 0 Å². The van der Waals surface area contributed by atoms with Gasteiger partial charge in [0, 0.05) is 24.0 Å². The Hall–Kier alpha value is -1.65. The van der Waals surface area contributed by atoms with Crippen LogP contribution >= 0.6 is 0 Å². The molecule has 0 bridgehead atoms. The van der Waals surface area contributed by atoms with Crippen LogP contribution in [-0.2, 0) is 0 Å². The molecule has 1 fully saturated rings. The standard InChI is InChI=1S/C15H18N2O2/c1-17-8-6-15(19,7-9-17)14(18)13-10-11-4-2-3-5-12(11)16-13/h2-5,10,16,19H,6-9H2,1H3. The summed E-state index contributed by atoms with van der Waals surface area (Å²) in [6.45, 7) is 1.50. The number of carbonyl (C=O) groups is 1. The fourth-order valence-corrected chi connectivity index (χ4v) is 2.66. The Morgan fingerprint density at radius 3 is 2.68 bits per heavy atom. The average Bonchev–Trinajstić information content (AvgIpc) is 2.85. The molecule has 0 spiro atoms. The van der Waals surface area contributed by atoms with Crippen molar-refractivity contribution >= 4 is 16.7 Å². The lowest BCUT2D eigenvalue weighted by Gasteiger charge is -2.34. The Morgan fingerprint density at radius 1 is 1.32 bits per heavy atom. The van der Waals surface area contributed by atoms with Crippen molar-refractivity contribution in [1.82, 2.24) is 9.88 Å². The molecule has 1 saturated heterocycles. The third-order valence-corrected chi connectivity index (χ3v) is 4.01. The van der Waals surface area contributed by atoms with Crippen LogP contribution < -0.4 is 0 Å². The van der Waals surface area contributed by atoms with Crippen molar-refractivity contribution in [3.63, 3.8) is 0 Å². The lowest BCUT2D eigenvalue weighted by molar-refractivity contribution is -0.00229. The highest BCUT2D eigenvalue weighted by atomic mass is 16.3. The van der Waals surface area contributed by atoms with E-state index in [-0.39, 0.29) is 5.78 Å². The normalized spacial score (nSPS) is 19.7. The number of carbonyl (C=O) groups excluding carboxylic acids is 1. The monoisotopic (exact) mass is 258 g/mol. The molecule has 19 heavy (non-hydrogen) atoms. The van der Waals surface area contributed by atoms with Crippen LogP contribution in [0.3, 0.4) is 0 Å². The van der Waals surface area contributed by atoms with Crippen LogP contribution in [0.5, 0.6) is 0 Å². The molecule has 1 aliphatic rings. The molecule has 100 valence electrons. The summed E-state index contributed by atoms with van der Waals surface area (Å²) < 4.78 is 0. The van der Waals surface area contributed by atoms with Crippen molar-refractivity contribution in [2.45, 2.75) is 18.4 Å². The number of hydrogen-bond donors (Lipinski definition) is 2. The van der Waals surface area contributed by atoms with E-state index in [0.29, 0.717) is 18.5 Å². The molecule has 2 N–H and O–H groups in total. The number of fused-ring (bicyclic) bond motifs is 1. The van der Waals surface area contributed by atoms with E-state index < -0.39 is 5.60 Å². The molecule has 0 atom stereocenters. The van der Waals surface area contributed by atoms with Gasteiger partial charge in [-0.1, -0.05) is 18.2 Å². The number of rotatable bonds is 2. The van der Waals surface area contributed by atoms with Crippen LogP contribution in [0.25, 0.3) is 10.9 Å². The molecule has 2 aromatic rings. The molecule has 1 aromatic carbocycles. The molecular weight excluding hydrogens is 240 g/mol. The summed E-state index contributed by atoms with van der Waals surface area (Å²) in [7, 11) is 2.01. The topological polar surface area (TPSA) is 56.3 Å². The first kappa shape index (κ1) is 12.4. The van der Waals surface area contributed by atoms with Crippen LogP contribution in [0, 0.1) is 0 Å². The molecule has 1 aromatic heterocycles. The summed E-state index contributed by atoms with van der Waals surface area (Å²) >= 11 is 0. The fraction of sp³-hybridized carbons (Fsp3) is 0.400. The van der Waals surface area contributed by atoms with E-state index in [0.717, 1.165) is 24.0 Å². The number of nitrogens with one attached hydrogen (secondary N) is 1. The first-order valence-corrected chi connectivity index (χ1v) is 6.62. The lowest BCUT2D eigenvalue weighted by atomic mass is 9.86. The zero-order valence-electron chi connectivity index (χ0n) is 11.0. The quantitative estimate of drug-likeness (QED) is 0.808. The van der Waals surface area contributed by atoms with E-state index in [9.17, 15) is 9.90 Å². The minimum absolute atomic E-state index is 0.184. The number of aromatic nitrogens is 1. The minimum Gasteiger partial charge on any atom is -0.382 e. The van der Waals surface area contributed by atoms with Gasteiger partial charge in [0.1, 0.15) is 5.60 Å². The Kier molecular flexibility index (Phi) is 2.92. The van der Waals surface area contributed by atoms with Gasteiger partial charge in [-0.3, -0.25) is 4.79 Å². The van der Waals surface area contributed by atoms with Gasteiger partial charge in [-0.05, 0) is 32.0 Å². The van der Waals surface area contributed by atoms with Gasteiger partial charge in [0.2, 0.25) is 5.78 Å². The summed E-state index contributed by atoms with van der Waals surface area (Å²) in [5.74, 6) is -0.184. The van der Waals surface area contributed by atoms with E-state index in [1.54, 1.807) is 0 Å². The van der Waals surface area contributed by atoms with Gasteiger partial charge in [0.15, 0.2) is 0 Å². The second kappa shape index (κ2) is 4.47. The minimum atomic E-state index is -1.21. The van der Waals surface area contributed by atoms with Gasteiger partial charge in [-0.2, -0.15) is 0 Å². The van der Waals surface area contributed by atoms with Crippen molar-refractivity contribution in [2.24, 2.45) is 0 Å². The van der Waals surface area contributed by atoms with Gasteiger partial charge < -0.3 is 15.0 Å². The summed E-state index contributed by atoms with van der Waals surface area (Å²) in [5.41, 5.74) is 0.226. The van der Waals surface area contributed by atoms with Crippen molar-refractivity contribution in [2.75, 3.05) is 20.1 Å². The van der Waals surface area contributed by atoms with E-state index in [1.807, 2.05) is 37.4 Å². The van der Waals surface area contributed by atoms with Gasteiger partial charge in [0.05, 0.1) is 5.69 Å². The van der Waals surface area contributed by atoms with E-state index in [1.165, 1.54) is 0 Å². The number of aromatic amines is 1. The molecular formula is C15H18N2O2. The van der Waals surface area contributed by atoms with Crippen molar-refractivity contribution in [3.05, 3.63) is 36.0 Å². The number of likely N-dealkylation sites (tertiary alicyclic amines) is 1. The third-order valence-electron chi connectivity index (χ3n) is 4.01. The molecule has 4 heteroatoms. The number of H-pyrrole nitrogens is 1. The number of benzene rings is 1. The lowest BCUT2D eigenvalue weighted by Crippen LogP contribution is -2.48. The molecule has 2 heterocycles. The SMILES string of the molecule is CN1CCC(O)(C(=O)c2cc3ccccc3[nH]2)CC1. The predicted molar refractivity (Wildman–Crippen MR) is 74.3 cm³/mol. The van der Waals surface area contributed by atoms with Crippen LogP contribution in [0.2, 0.25) is 0 Å². The summed E-state index contributed by atoms with van der Waals surface area (Å²) in [6, 6.07) is 9.59. The largest absolute Gasteiger partial charge is 0.382 e. The number of hydrogen-bond acceptors (Lipinski definition) is 3. The maximum Gasteiger partial charge on any atom is 0.210 e. The van der Waals surface area contributed by atoms with Crippen LogP contribution in [0.1, 0.15) is 23.3 Å². The Morgan fingerprint density at radius 2 is 2.00 bits per heavy atom. The maximum absolute atomic E-state index is 12.5. The summed E-state index contributed by atoms with van der Waals surface area (Å²) in [5, 5.41) is 11.5. The molecule has 3 rings (SSSR count). The molecule has 1 aliphatic heterocycles. The van der Waals surface area contributed by atoms with Crippen molar-refractivity contribution in [1.29, 1.82) is 0 Å². The second-order valence-corrected chi connectivity index (χ2v) is 5.43. The molecule has 4 nitrogen and oxygen atoms in total. The predicted octanol–water partition coefficient (Wildman–Crippen LogP) is 1.81. The van der Waals surface area contributed by atoms with E-state index in [2.05, 4.69) is 9.88 Å². The number of ketones is 1. The Balaban J connectivity index is 1.90. The smallest absolute Gasteiger partial charge is 0.210 e. The maximum atomic E-state index is 12.5. The number of nitrogens with zero attached hydrogens (tertiary/aromatic N) is 1.